The fraction of sp³-hybridized carbons (Fsp3) is 0.0500. The predicted octanol–water partition coefficient (Wildman–Crippen LogP) is 4.81. The van der Waals surface area contributed by atoms with Crippen LogP contribution in [0.25, 0.3) is 0 Å². The lowest BCUT2D eigenvalue weighted by Crippen LogP contribution is -2.14. The number of ether oxygens (including phenoxy) is 1. The number of benzene rings is 3. The average molecular weight is 415 g/mol. The van der Waals surface area contributed by atoms with Crippen LogP contribution in [0.4, 0.5) is 11.4 Å². The smallest absolute Gasteiger partial charge is 0.261 e. The van der Waals surface area contributed by atoms with Gasteiger partial charge in [0.2, 0.25) is 0 Å². The molecule has 0 saturated carbocycles. The van der Waals surface area contributed by atoms with Crippen LogP contribution in [0.1, 0.15) is 15.9 Å². The van der Waals surface area contributed by atoms with Crippen LogP contribution >= 0.6 is 11.6 Å². The Hall–Kier alpha value is -3.03. The average Bonchev–Trinajstić information content (AvgIpc) is 2.77. The highest BCUT2D eigenvalue weighted by atomic mass is 35.5. The van der Waals surface area contributed by atoms with Gasteiger partial charge < -0.3 is 10.1 Å². The van der Waals surface area contributed by atoms with E-state index in [9.17, 15) is 13.2 Å². The van der Waals surface area contributed by atoms with Crippen LogP contribution in [-0.2, 0) is 10.0 Å². The molecular formula is C20H15ClN2O4S. The number of amides is 1. The van der Waals surface area contributed by atoms with Gasteiger partial charge in [0, 0.05) is 10.7 Å². The Bertz CT molecular complexity index is 1190. The van der Waals surface area contributed by atoms with Crippen molar-refractivity contribution in [2.24, 2.45) is 0 Å². The van der Waals surface area contributed by atoms with Crippen LogP contribution in [0.3, 0.4) is 0 Å². The fourth-order valence-electron chi connectivity index (χ4n) is 2.83. The van der Waals surface area contributed by atoms with Crippen LogP contribution in [0.2, 0.25) is 5.02 Å². The Balaban J connectivity index is 1.66. The summed E-state index contributed by atoms with van der Waals surface area (Å²) in [5.41, 5.74) is 2.01. The van der Waals surface area contributed by atoms with Crippen LogP contribution in [0.5, 0.6) is 11.5 Å². The summed E-state index contributed by atoms with van der Waals surface area (Å²) < 4.78 is 33.4. The molecule has 1 heterocycles. The van der Waals surface area contributed by atoms with Gasteiger partial charge in [-0.05, 0) is 67.1 Å². The van der Waals surface area contributed by atoms with Gasteiger partial charge in [0.05, 0.1) is 16.1 Å². The number of nitrogens with one attached hydrogen (secondary N) is 2. The summed E-state index contributed by atoms with van der Waals surface area (Å²) in [6.45, 7) is 1.91. The highest BCUT2D eigenvalue weighted by Gasteiger charge is 2.22. The Morgan fingerprint density at radius 1 is 0.964 bits per heavy atom. The Kier molecular flexibility index (Phi) is 4.49. The standard InChI is InChI=1S/C20H15ClN2O4S/c1-12-2-8-19-17(10-12)22-20(24)16-11-14(5-9-18(16)27-19)23-28(25,26)15-6-3-13(21)4-7-15/h2-11,23H,1H3,(H,22,24). The van der Waals surface area contributed by atoms with Gasteiger partial charge in [-0.15, -0.1) is 0 Å². The number of carbonyl (C=O) groups is 1. The maximum atomic E-state index is 12.6. The fourth-order valence-corrected chi connectivity index (χ4v) is 4.00. The largest absolute Gasteiger partial charge is 0.454 e. The molecule has 0 atom stereocenters. The molecule has 3 aromatic carbocycles. The van der Waals surface area contributed by atoms with Crippen LogP contribution in [0.15, 0.2) is 65.6 Å². The SMILES string of the molecule is Cc1ccc2c(c1)NC(=O)c1cc(NS(=O)(=O)c3ccc(Cl)cc3)ccc1O2. The topological polar surface area (TPSA) is 84.5 Å². The number of halogens is 1. The maximum absolute atomic E-state index is 12.6. The number of fused-ring (bicyclic) bond motifs is 2. The summed E-state index contributed by atoms with van der Waals surface area (Å²) in [5.74, 6) is 0.480. The van der Waals surface area contributed by atoms with Crippen LogP contribution in [-0.4, -0.2) is 14.3 Å². The molecule has 6 nitrogen and oxygen atoms in total. The molecule has 2 N–H and O–H groups in total. The molecule has 28 heavy (non-hydrogen) atoms. The zero-order valence-corrected chi connectivity index (χ0v) is 16.3. The predicted molar refractivity (Wildman–Crippen MR) is 108 cm³/mol. The molecule has 3 aromatic rings. The Morgan fingerprint density at radius 2 is 1.68 bits per heavy atom. The van der Waals surface area contributed by atoms with Gasteiger partial charge in [-0.1, -0.05) is 17.7 Å². The van der Waals surface area contributed by atoms with E-state index in [0.29, 0.717) is 22.2 Å². The van der Waals surface area contributed by atoms with Crippen molar-refractivity contribution in [3.05, 3.63) is 76.8 Å². The first-order valence-corrected chi connectivity index (χ1v) is 10.2. The van der Waals surface area contributed by atoms with Gasteiger partial charge >= 0.3 is 0 Å². The summed E-state index contributed by atoms with van der Waals surface area (Å²) in [5, 5.41) is 3.23. The van der Waals surface area contributed by atoms with Gasteiger partial charge in [0.15, 0.2) is 5.75 Å². The van der Waals surface area contributed by atoms with E-state index < -0.39 is 10.0 Å². The molecule has 0 unspecified atom stereocenters. The van der Waals surface area contributed by atoms with Crippen molar-refractivity contribution in [3.63, 3.8) is 0 Å². The van der Waals surface area contributed by atoms with Crippen molar-refractivity contribution >= 4 is 38.9 Å². The van der Waals surface area contributed by atoms with Crippen molar-refractivity contribution in [3.8, 4) is 11.5 Å². The third-order valence-electron chi connectivity index (χ3n) is 4.20. The number of hydrogen-bond acceptors (Lipinski definition) is 4. The van der Waals surface area contributed by atoms with Crippen molar-refractivity contribution in [1.29, 1.82) is 0 Å². The zero-order chi connectivity index (χ0) is 19.9. The summed E-state index contributed by atoms with van der Waals surface area (Å²) in [4.78, 5) is 12.7. The van der Waals surface area contributed by atoms with Crippen LogP contribution < -0.4 is 14.8 Å². The second-order valence-corrected chi connectivity index (χ2v) is 8.44. The molecule has 0 bridgehead atoms. The van der Waals surface area contributed by atoms with Crippen molar-refractivity contribution in [2.45, 2.75) is 11.8 Å². The second-order valence-electron chi connectivity index (χ2n) is 6.33. The van der Waals surface area contributed by atoms with Gasteiger partial charge in [-0.2, -0.15) is 0 Å². The summed E-state index contributed by atoms with van der Waals surface area (Å²) >= 11 is 5.81. The molecule has 0 radical (unpaired) electrons. The summed E-state index contributed by atoms with van der Waals surface area (Å²) in [7, 11) is -3.82. The third-order valence-corrected chi connectivity index (χ3v) is 5.85. The molecule has 4 rings (SSSR count). The number of hydrogen-bond donors (Lipinski definition) is 2. The Labute approximate surface area is 167 Å². The highest BCUT2D eigenvalue weighted by molar-refractivity contribution is 7.92. The summed E-state index contributed by atoms with van der Waals surface area (Å²) in [6, 6.07) is 15.8. The minimum absolute atomic E-state index is 0.0652. The molecule has 0 aromatic heterocycles. The van der Waals surface area contributed by atoms with E-state index in [-0.39, 0.29) is 22.1 Å². The molecule has 1 amide bonds. The van der Waals surface area contributed by atoms with Gasteiger partial charge in [0.1, 0.15) is 5.75 Å². The molecule has 0 spiro atoms. The van der Waals surface area contributed by atoms with Crippen molar-refractivity contribution in [2.75, 3.05) is 10.0 Å². The lowest BCUT2D eigenvalue weighted by atomic mass is 10.1. The van der Waals surface area contributed by atoms with Crippen molar-refractivity contribution in [1.82, 2.24) is 0 Å². The highest BCUT2D eigenvalue weighted by Crippen LogP contribution is 2.37. The monoisotopic (exact) mass is 414 g/mol. The van der Waals surface area contributed by atoms with Gasteiger partial charge in [0.25, 0.3) is 15.9 Å². The van der Waals surface area contributed by atoms with Gasteiger partial charge in [-0.25, -0.2) is 8.42 Å². The number of rotatable bonds is 3. The molecule has 1 aliphatic rings. The molecule has 0 saturated heterocycles. The van der Waals surface area contributed by atoms with E-state index in [4.69, 9.17) is 16.3 Å². The first kappa shape index (κ1) is 18.3. The minimum Gasteiger partial charge on any atom is -0.454 e. The molecule has 142 valence electrons. The molecule has 0 fully saturated rings. The van der Waals surface area contributed by atoms with E-state index in [2.05, 4.69) is 10.0 Å². The Morgan fingerprint density at radius 3 is 2.43 bits per heavy atom. The molecular weight excluding hydrogens is 400 g/mol. The zero-order valence-electron chi connectivity index (χ0n) is 14.7. The maximum Gasteiger partial charge on any atom is 0.261 e. The first-order valence-electron chi connectivity index (χ1n) is 8.34. The van der Waals surface area contributed by atoms with E-state index in [0.717, 1.165) is 5.56 Å². The van der Waals surface area contributed by atoms with E-state index in [1.54, 1.807) is 18.2 Å². The van der Waals surface area contributed by atoms with Gasteiger partial charge in [-0.3, -0.25) is 9.52 Å². The third kappa shape index (κ3) is 3.54. The molecule has 8 heteroatoms. The lowest BCUT2D eigenvalue weighted by Gasteiger charge is -2.11. The number of aryl methyl sites for hydroxylation is 1. The first-order chi connectivity index (χ1) is 13.3. The van der Waals surface area contributed by atoms with Crippen LogP contribution in [0, 0.1) is 6.92 Å². The van der Waals surface area contributed by atoms with E-state index >= 15 is 0 Å². The summed E-state index contributed by atoms with van der Waals surface area (Å²) in [6.07, 6.45) is 0. The number of sulfonamides is 1. The normalized spacial score (nSPS) is 12.9. The van der Waals surface area contributed by atoms with Crippen molar-refractivity contribution < 1.29 is 17.9 Å². The van der Waals surface area contributed by atoms with E-state index in [1.807, 2.05) is 19.1 Å². The number of carbonyl (C=O) groups excluding carboxylic acids is 1. The molecule has 0 aliphatic carbocycles. The molecule has 1 aliphatic heterocycles. The van der Waals surface area contributed by atoms with E-state index in [1.165, 1.54) is 30.3 Å². The quantitative estimate of drug-likeness (QED) is 0.644. The minimum atomic E-state index is -3.82. The second kappa shape index (κ2) is 6.85. The lowest BCUT2D eigenvalue weighted by molar-refractivity contribution is 0.102. The number of anilines is 2.